The van der Waals surface area contributed by atoms with Crippen molar-refractivity contribution in [2.75, 3.05) is 5.73 Å². The van der Waals surface area contributed by atoms with Crippen LogP contribution in [0, 0.1) is 0 Å². The third-order valence-corrected chi connectivity index (χ3v) is 2.40. The number of hydrogen-bond donors (Lipinski definition) is 1. The average Bonchev–Trinajstić information content (AvgIpc) is 1.99. The zero-order valence-corrected chi connectivity index (χ0v) is 9.24. The van der Waals surface area contributed by atoms with E-state index in [0.717, 1.165) is 19.1 Å². The average molecular weight is 282 g/mol. The molecule has 0 saturated heterocycles. The maximum atomic E-state index is 12.6. The number of benzene rings is 1. The summed E-state index contributed by atoms with van der Waals surface area (Å²) in [6.07, 6.45) is -4.58. The number of anilines is 1. The lowest BCUT2D eigenvalue weighted by Gasteiger charge is -2.13. The maximum Gasteiger partial charge on any atom is 0.418 e. The van der Waals surface area contributed by atoms with Crippen LogP contribution in [0.4, 0.5) is 18.9 Å². The summed E-state index contributed by atoms with van der Waals surface area (Å²) in [6, 6.07) is 2.14. The Morgan fingerprint density at radius 3 is 2.33 bits per heavy atom. The number of Topliss-reactive ketones (excluding diaryl/α,β-unsaturated/α-hetero) is 1. The van der Waals surface area contributed by atoms with Gasteiger partial charge in [-0.2, -0.15) is 13.2 Å². The van der Waals surface area contributed by atoms with Gasteiger partial charge < -0.3 is 5.73 Å². The van der Waals surface area contributed by atoms with E-state index in [-0.39, 0.29) is 10.2 Å². The van der Waals surface area contributed by atoms with Crippen molar-refractivity contribution in [3.8, 4) is 0 Å². The summed E-state index contributed by atoms with van der Waals surface area (Å²) in [4.78, 5) is 11.0. The summed E-state index contributed by atoms with van der Waals surface area (Å²) in [5, 5.41) is 0. The smallest absolute Gasteiger partial charge is 0.399 e. The van der Waals surface area contributed by atoms with Crippen molar-refractivity contribution in [3.63, 3.8) is 0 Å². The van der Waals surface area contributed by atoms with Crippen LogP contribution in [0.1, 0.15) is 22.8 Å². The van der Waals surface area contributed by atoms with Crippen LogP contribution in [0.5, 0.6) is 0 Å². The van der Waals surface area contributed by atoms with Crippen LogP contribution in [0.3, 0.4) is 0 Å². The minimum absolute atomic E-state index is 0.111. The number of carbonyl (C=O) groups is 1. The third-order valence-electron chi connectivity index (χ3n) is 1.78. The van der Waals surface area contributed by atoms with Gasteiger partial charge in [0.15, 0.2) is 5.78 Å². The van der Waals surface area contributed by atoms with Crippen LogP contribution in [0.2, 0.25) is 0 Å². The highest BCUT2D eigenvalue weighted by Crippen LogP contribution is 2.38. The molecule has 0 saturated carbocycles. The molecule has 1 aromatic rings. The van der Waals surface area contributed by atoms with Gasteiger partial charge in [0.05, 0.1) is 5.56 Å². The van der Waals surface area contributed by atoms with Crippen molar-refractivity contribution in [2.24, 2.45) is 0 Å². The van der Waals surface area contributed by atoms with Gasteiger partial charge in [0, 0.05) is 15.7 Å². The van der Waals surface area contributed by atoms with E-state index in [2.05, 4.69) is 15.9 Å². The number of nitrogens with two attached hydrogens (primary N) is 1. The molecule has 0 aliphatic rings. The number of halogens is 4. The molecule has 2 N–H and O–H groups in total. The summed E-state index contributed by atoms with van der Waals surface area (Å²) < 4.78 is 37.5. The van der Waals surface area contributed by atoms with Gasteiger partial charge >= 0.3 is 6.18 Å². The monoisotopic (exact) mass is 281 g/mol. The van der Waals surface area contributed by atoms with Gasteiger partial charge in [-0.15, -0.1) is 0 Å². The molecule has 0 heterocycles. The molecule has 1 aromatic carbocycles. The molecule has 0 fully saturated rings. The lowest BCUT2D eigenvalue weighted by molar-refractivity contribution is -0.138. The van der Waals surface area contributed by atoms with Gasteiger partial charge in [-0.25, -0.2) is 0 Å². The van der Waals surface area contributed by atoms with Crippen LogP contribution in [-0.2, 0) is 6.18 Å². The van der Waals surface area contributed by atoms with E-state index < -0.39 is 23.1 Å². The van der Waals surface area contributed by atoms with E-state index in [1.165, 1.54) is 0 Å². The Kier molecular flexibility index (Phi) is 3.08. The molecule has 0 aliphatic heterocycles. The van der Waals surface area contributed by atoms with Crippen LogP contribution >= 0.6 is 15.9 Å². The van der Waals surface area contributed by atoms with Gasteiger partial charge in [0.25, 0.3) is 0 Å². The predicted octanol–water partition coefficient (Wildman–Crippen LogP) is 3.25. The van der Waals surface area contributed by atoms with Crippen LogP contribution < -0.4 is 5.73 Å². The Balaban J connectivity index is 3.55. The first-order valence-corrected chi connectivity index (χ1v) is 4.70. The highest BCUT2D eigenvalue weighted by Gasteiger charge is 2.37. The second-order valence-electron chi connectivity index (χ2n) is 2.98. The number of rotatable bonds is 1. The Bertz CT molecular complexity index is 415. The molecule has 2 nitrogen and oxygen atoms in total. The molecule has 82 valence electrons. The molecule has 0 aliphatic carbocycles. The molecule has 0 aromatic heterocycles. The first-order chi connectivity index (χ1) is 6.73. The van der Waals surface area contributed by atoms with E-state index in [0.29, 0.717) is 0 Å². The van der Waals surface area contributed by atoms with E-state index in [9.17, 15) is 18.0 Å². The van der Waals surface area contributed by atoms with Gasteiger partial charge in [-0.1, -0.05) is 15.9 Å². The molecule has 1 rings (SSSR count). The largest absolute Gasteiger partial charge is 0.418 e. The van der Waals surface area contributed by atoms with Gasteiger partial charge in [0.2, 0.25) is 0 Å². The molecule has 0 bridgehead atoms. The molecule has 0 unspecified atom stereocenters. The number of alkyl halides is 3. The van der Waals surface area contributed by atoms with Crippen molar-refractivity contribution in [3.05, 3.63) is 27.7 Å². The van der Waals surface area contributed by atoms with Crippen molar-refractivity contribution in [1.82, 2.24) is 0 Å². The minimum Gasteiger partial charge on any atom is -0.399 e. The number of ketones is 1. The second-order valence-corrected chi connectivity index (χ2v) is 3.83. The van der Waals surface area contributed by atoms with E-state index in [4.69, 9.17) is 5.73 Å². The topological polar surface area (TPSA) is 43.1 Å². The highest BCUT2D eigenvalue weighted by atomic mass is 79.9. The van der Waals surface area contributed by atoms with Crippen molar-refractivity contribution in [2.45, 2.75) is 13.1 Å². The van der Waals surface area contributed by atoms with Crippen LogP contribution in [0.15, 0.2) is 16.6 Å². The Morgan fingerprint density at radius 1 is 1.40 bits per heavy atom. The maximum absolute atomic E-state index is 12.6. The highest BCUT2D eigenvalue weighted by molar-refractivity contribution is 9.10. The molecule has 0 atom stereocenters. The Hall–Kier alpha value is -1.04. The zero-order valence-electron chi connectivity index (χ0n) is 7.65. The lowest BCUT2D eigenvalue weighted by Crippen LogP contribution is -2.13. The van der Waals surface area contributed by atoms with Crippen molar-refractivity contribution >= 4 is 27.4 Å². The molecular formula is C9H7BrF3NO. The first kappa shape index (κ1) is 12.0. The van der Waals surface area contributed by atoms with Crippen molar-refractivity contribution in [1.29, 1.82) is 0 Å². The molecule has 0 radical (unpaired) electrons. The van der Waals surface area contributed by atoms with Crippen molar-refractivity contribution < 1.29 is 18.0 Å². The fourth-order valence-corrected chi connectivity index (χ4v) is 1.90. The molecule has 15 heavy (non-hydrogen) atoms. The quantitative estimate of drug-likeness (QED) is 0.634. The van der Waals surface area contributed by atoms with Gasteiger partial charge in [0.1, 0.15) is 0 Å². The van der Waals surface area contributed by atoms with E-state index in [1.54, 1.807) is 0 Å². The first-order valence-electron chi connectivity index (χ1n) is 3.90. The predicted molar refractivity (Wildman–Crippen MR) is 53.6 cm³/mol. The van der Waals surface area contributed by atoms with E-state index >= 15 is 0 Å². The summed E-state index contributed by atoms with van der Waals surface area (Å²) in [5.74, 6) is -0.671. The number of carbonyl (C=O) groups excluding carboxylic acids is 1. The van der Waals surface area contributed by atoms with Gasteiger partial charge in [-0.05, 0) is 19.1 Å². The van der Waals surface area contributed by atoms with E-state index in [1.807, 2.05) is 0 Å². The Morgan fingerprint density at radius 2 is 1.93 bits per heavy atom. The molecule has 0 amide bonds. The fourth-order valence-electron chi connectivity index (χ4n) is 1.19. The zero-order chi connectivity index (χ0) is 11.8. The standard InChI is InChI=1S/C9H7BrF3NO/c1-4(15)6-2-5(14)3-7(10)8(6)9(11,12)13/h2-3H,14H2,1H3. The minimum atomic E-state index is -4.58. The fraction of sp³-hybridized carbons (Fsp3) is 0.222. The van der Waals surface area contributed by atoms with Crippen LogP contribution in [0.25, 0.3) is 0 Å². The number of nitrogen functional groups attached to an aromatic ring is 1. The Labute approximate surface area is 92.4 Å². The summed E-state index contributed by atoms with van der Waals surface area (Å²) in [6.45, 7) is 1.07. The summed E-state index contributed by atoms with van der Waals surface area (Å²) in [7, 11) is 0. The normalized spacial score (nSPS) is 11.5. The number of hydrogen-bond acceptors (Lipinski definition) is 2. The SMILES string of the molecule is CC(=O)c1cc(N)cc(Br)c1C(F)(F)F. The van der Waals surface area contributed by atoms with Crippen LogP contribution in [-0.4, -0.2) is 5.78 Å². The molecular weight excluding hydrogens is 275 g/mol. The third kappa shape index (κ3) is 2.50. The second kappa shape index (κ2) is 3.84. The van der Waals surface area contributed by atoms with Gasteiger partial charge in [-0.3, -0.25) is 4.79 Å². The molecule has 0 spiro atoms. The summed E-state index contributed by atoms with van der Waals surface area (Å²) in [5.41, 5.74) is 4.07. The lowest BCUT2D eigenvalue weighted by atomic mass is 10.0. The summed E-state index contributed by atoms with van der Waals surface area (Å²) >= 11 is 2.75. The molecule has 6 heteroatoms.